The summed E-state index contributed by atoms with van der Waals surface area (Å²) in [4.78, 5) is 11.9. The Morgan fingerprint density at radius 2 is 2.00 bits per heavy atom. The molecule has 1 saturated carbocycles. The predicted octanol–water partition coefficient (Wildman–Crippen LogP) is 0.732. The van der Waals surface area contributed by atoms with Crippen LogP contribution in [0.2, 0.25) is 0 Å². The lowest BCUT2D eigenvalue weighted by atomic mass is 10.3. The number of methoxy groups -OCH3 is 2. The number of nitrogens with one attached hydrogen (secondary N) is 3. The molecule has 2 rings (SSSR count). The molecule has 1 aromatic carbocycles. The number of hydrogen-bond acceptors (Lipinski definition) is 6. The third-order valence-corrected chi connectivity index (χ3v) is 4.95. The van der Waals surface area contributed by atoms with Crippen LogP contribution >= 0.6 is 12.4 Å². The van der Waals surface area contributed by atoms with E-state index in [2.05, 4.69) is 15.4 Å². The van der Waals surface area contributed by atoms with Gasteiger partial charge in [0.2, 0.25) is 15.9 Å². The molecule has 10 heteroatoms. The number of hydrogen-bond donors (Lipinski definition) is 3. The Morgan fingerprint density at radius 3 is 2.60 bits per heavy atom. The molecule has 25 heavy (non-hydrogen) atoms. The Kier molecular flexibility index (Phi) is 8.60. The van der Waals surface area contributed by atoms with Gasteiger partial charge in [-0.1, -0.05) is 0 Å². The van der Waals surface area contributed by atoms with Gasteiger partial charge in [0.25, 0.3) is 0 Å². The topological polar surface area (TPSA) is 106 Å². The van der Waals surface area contributed by atoms with E-state index in [1.165, 1.54) is 19.2 Å². The number of rotatable bonds is 10. The van der Waals surface area contributed by atoms with Gasteiger partial charge >= 0.3 is 0 Å². The van der Waals surface area contributed by atoms with Crippen molar-refractivity contribution >= 4 is 34.0 Å². The maximum absolute atomic E-state index is 12.4. The van der Waals surface area contributed by atoms with Gasteiger partial charge in [-0.05, 0) is 31.0 Å². The minimum absolute atomic E-state index is 0. The fourth-order valence-electron chi connectivity index (χ4n) is 2.03. The predicted molar refractivity (Wildman–Crippen MR) is 97.0 cm³/mol. The van der Waals surface area contributed by atoms with E-state index in [1.807, 2.05) is 0 Å². The Hall–Kier alpha value is -1.39. The van der Waals surface area contributed by atoms with Crippen LogP contribution in [0.1, 0.15) is 12.8 Å². The zero-order valence-electron chi connectivity index (χ0n) is 14.2. The highest BCUT2D eigenvalue weighted by molar-refractivity contribution is 7.89. The lowest BCUT2D eigenvalue weighted by Crippen LogP contribution is -2.30. The molecule has 0 aliphatic heterocycles. The number of carbonyl (C=O) groups is 1. The van der Waals surface area contributed by atoms with Gasteiger partial charge in [-0.25, -0.2) is 13.1 Å². The monoisotopic (exact) mass is 393 g/mol. The summed E-state index contributed by atoms with van der Waals surface area (Å²) in [5.74, 6) is -0.0332. The number of sulfonamides is 1. The van der Waals surface area contributed by atoms with Crippen molar-refractivity contribution in [2.24, 2.45) is 0 Å². The van der Waals surface area contributed by atoms with Gasteiger partial charge in [-0.3, -0.25) is 4.79 Å². The van der Waals surface area contributed by atoms with Crippen molar-refractivity contribution in [3.63, 3.8) is 0 Å². The van der Waals surface area contributed by atoms with Crippen LogP contribution in [0.25, 0.3) is 0 Å². The summed E-state index contributed by atoms with van der Waals surface area (Å²) >= 11 is 0. The molecule has 1 fully saturated rings. The number of benzene rings is 1. The molecule has 0 radical (unpaired) electrons. The molecule has 0 saturated heterocycles. The van der Waals surface area contributed by atoms with Crippen LogP contribution in [-0.4, -0.2) is 54.3 Å². The van der Waals surface area contributed by atoms with Gasteiger partial charge in [-0.2, -0.15) is 0 Å². The lowest BCUT2D eigenvalue weighted by molar-refractivity contribution is -0.115. The van der Waals surface area contributed by atoms with E-state index >= 15 is 0 Å². The molecule has 0 spiro atoms. The Balaban J connectivity index is 0.00000312. The number of amides is 1. The van der Waals surface area contributed by atoms with Crippen molar-refractivity contribution in [3.05, 3.63) is 18.2 Å². The first-order valence-electron chi connectivity index (χ1n) is 7.66. The van der Waals surface area contributed by atoms with Crippen LogP contribution in [0, 0.1) is 0 Å². The second-order valence-corrected chi connectivity index (χ2v) is 7.16. The summed E-state index contributed by atoms with van der Waals surface area (Å²) in [6.45, 7) is 1.17. The van der Waals surface area contributed by atoms with Crippen LogP contribution in [0.5, 0.6) is 5.75 Å². The second-order valence-electron chi connectivity index (χ2n) is 5.48. The van der Waals surface area contributed by atoms with E-state index in [0.717, 1.165) is 12.8 Å². The Morgan fingerprint density at radius 1 is 1.28 bits per heavy atom. The van der Waals surface area contributed by atoms with E-state index in [0.29, 0.717) is 18.8 Å². The summed E-state index contributed by atoms with van der Waals surface area (Å²) in [6, 6.07) is 4.51. The fourth-order valence-corrected chi connectivity index (χ4v) is 3.53. The largest absolute Gasteiger partial charge is 0.495 e. The first kappa shape index (κ1) is 21.7. The quantitative estimate of drug-likeness (QED) is 0.506. The van der Waals surface area contributed by atoms with Crippen molar-refractivity contribution < 1.29 is 22.7 Å². The van der Waals surface area contributed by atoms with Crippen LogP contribution in [-0.2, 0) is 19.6 Å². The van der Waals surface area contributed by atoms with E-state index in [-0.39, 0.29) is 41.5 Å². The molecule has 1 amide bonds. The highest BCUT2D eigenvalue weighted by atomic mass is 35.5. The summed E-state index contributed by atoms with van der Waals surface area (Å²) in [5, 5.41) is 5.58. The molecule has 1 aliphatic rings. The van der Waals surface area contributed by atoms with Crippen molar-refractivity contribution in [2.45, 2.75) is 23.8 Å². The number of anilines is 1. The third-order valence-electron chi connectivity index (χ3n) is 3.40. The average molecular weight is 394 g/mol. The molecule has 1 aliphatic carbocycles. The average Bonchev–Trinajstić information content (AvgIpc) is 3.35. The molecule has 0 aromatic heterocycles. The zero-order chi connectivity index (χ0) is 17.6. The molecule has 0 atom stereocenters. The molecular weight excluding hydrogens is 370 g/mol. The van der Waals surface area contributed by atoms with E-state index < -0.39 is 10.0 Å². The van der Waals surface area contributed by atoms with Crippen molar-refractivity contribution in [1.29, 1.82) is 0 Å². The first-order chi connectivity index (χ1) is 11.5. The van der Waals surface area contributed by atoms with Crippen LogP contribution in [0.3, 0.4) is 0 Å². The first-order valence-corrected chi connectivity index (χ1v) is 9.14. The molecule has 142 valence electrons. The van der Waals surface area contributed by atoms with Crippen LogP contribution in [0.15, 0.2) is 23.1 Å². The highest BCUT2D eigenvalue weighted by Crippen LogP contribution is 2.29. The van der Waals surface area contributed by atoms with Gasteiger partial charge in [0.05, 0.1) is 20.3 Å². The molecule has 0 heterocycles. The number of carbonyl (C=O) groups excluding carboxylic acids is 1. The molecule has 0 bridgehead atoms. The third kappa shape index (κ3) is 6.79. The number of halogens is 1. The molecule has 8 nitrogen and oxygen atoms in total. The molecule has 3 N–H and O–H groups in total. The maximum atomic E-state index is 12.4. The van der Waals surface area contributed by atoms with Crippen molar-refractivity contribution in [2.75, 3.05) is 39.2 Å². The minimum Gasteiger partial charge on any atom is -0.495 e. The van der Waals surface area contributed by atoms with E-state index in [4.69, 9.17) is 9.47 Å². The fraction of sp³-hybridized carbons (Fsp3) is 0.533. The summed E-state index contributed by atoms with van der Waals surface area (Å²) < 4.78 is 37.4. The second kappa shape index (κ2) is 9.93. The van der Waals surface area contributed by atoms with Crippen LogP contribution < -0.4 is 20.1 Å². The number of ether oxygens (including phenoxy) is 2. The molecule has 0 unspecified atom stereocenters. The van der Waals surface area contributed by atoms with E-state index in [1.54, 1.807) is 13.2 Å². The summed E-state index contributed by atoms with van der Waals surface area (Å²) in [6.07, 6.45) is 1.68. The molecular formula is C15H24ClN3O5S. The Labute approximate surface area is 154 Å². The molecule has 1 aromatic rings. The van der Waals surface area contributed by atoms with Gasteiger partial charge in [0.15, 0.2) is 0 Å². The minimum atomic E-state index is -3.68. The smallest absolute Gasteiger partial charge is 0.244 e. The van der Waals surface area contributed by atoms with Gasteiger partial charge < -0.3 is 20.1 Å². The summed E-state index contributed by atoms with van der Waals surface area (Å²) in [5.41, 5.74) is 0.394. The van der Waals surface area contributed by atoms with Gasteiger partial charge in [-0.15, -0.1) is 12.4 Å². The van der Waals surface area contributed by atoms with E-state index in [9.17, 15) is 13.2 Å². The maximum Gasteiger partial charge on any atom is 0.244 e. The standard InChI is InChI=1S/C15H23N3O5S.ClH/c1-22-8-7-16-10-15(19)17-12-5-6-13(23-2)14(9-12)24(20,21)18-11-3-4-11;/h5-6,9,11,16,18H,3-4,7-8,10H2,1-2H3,(H,17,19);1H. The SMILES string of the molecule is COCCNCC(=O)Nc1ccc(OC)c(S(=O)(=O)NC2CC2)c1.Cl. The normalized spacial score (nSPS) is 13.8. The summed E-state index contributed by atoms with van der Waals surface area (Å²) in [7, 11) is -0.695. The lowest BCUT2D eigenvalue weighted by Gasteiger charge is -2.13. The highest BCUT2D eigenvalue weighted by Gasteiger charge is 2.30. The van der Waals surface area contributed by atoms with Gasteiger partial charge in [0.1, 0.15) is 10.6 Å². The van der Waals surface area contributed by atoms with Crippen molar-refractivity contribution in [3.8, 4) is 5.75 Å². The zero-order valence-corrected chi connectivity index (χ0v) is 15.8. The van der Waals surface area contributed by atoms with Gasteiger partial charge in [0, 0.05) is 25.4 Å². The van der Waals surface area contributed by atoms with Crippen LogP contribution in [0.4, 0.5) is 5.69 Å². The van der Waals surface area contributed by atoms with Crippen molar-refractivity contribution in [1.82, 2.24) is 10.0 Å². The Bertz CT molecular complexity index is 680.